The third kappa shape index (κ3) is 13.8. The Morgan fingerprint density at radius 2 is 0.570 bits per heavy atom. The zero-order valence-corrected chi connectivity index (χ0v) is 61.0. The second kappa shape index (κ2) is 32.1. The molecule has 5 aliphatic rings. The number of phenols is 2. The van der Waals surface area contributed by atoms with Gasteiger partial charge in [0.1, 0.15) is 57.5 Å². The van der Waals surface area contributed by atoms with Gasteiger partial charge >= 0.3 is 17.9 Å². The number of azide groups is 1. The van der Waals surface area contributed by atoms with Crippen LogP contribution in [0.2, 0.25) is 0 Å². The number of carboxylic acid groups (broad SMARTS) is 2. The van der Waals surface area contributed by atoms with Crippen LogP contribution in [0.1, 0.15) is 201 Å². The Labute approximate surface area is 642 Å². The molecule has 114 heavy (non-hydrogen) atoms. The standard InChI is InChI=1S/C18H14O6.C17H11N3O5.C17H12O6.C16H13NO4.C15H8O6/c1-22-12-6-4-5-10-14(12)17(20)15-11(16(10)19)7-9(18(21)24-3)8-13(15)23-2;1-24-11-5-3-4-9-13(11)16(22)14-10(15(9)21)6-8(7-12(14)25-2)17(23)19-20-18;1-22-11-5-3-4-9-13(11)16(19)14-10(15(9)18)6-8(17(20)21)7-12(14)23-2;1-20-11-5-3-4-9-13(11)16(19)14-10(15(9)18)6-8(17)7-12(14)21-2;16-9-3-1-2-7-11(9)14(19)12-8(13(7)18)4-6(15(20)21)5-10(12)17/h4-8H,1-3H3;3-7H,1-2H3;3-7H,1-2H3,(H,20,21);3-7H,17H2,1-2H3;1-5,16-17H,(H,20,21). The fourth-order valence-electron chi connectivity index (χ4n) is 13.3. The Morgan fingerprint density at radius 1 is 0.307 bits per heavy atom. The molecule has 15 rings (SSSR count). The lowest BCUT2D eigenvalue weighted by molar-refractivity contribution is 0.0597. The predicted octanol–water partition coefficient (Wildman–Crippen LogP) is 11.0. The number of methoxy groups -OCH3 is 9. The van der Waals surface area contributed by atoms with E-state index in [0.29, 0.717) is 28.5 Å². The van der Waals surface area contributed by atoms with E-state index in [1.165, 1.54) is 143 Å². The maximum atomic E-state index is 12.9. The Balaban J connectivity index is 0.000000141. The lowest BCUT2D eigenvalue weighted by Crippen LogP contribution is -2.23. The summed E-state index contributed by atoms with van der Waals surface area (Å²) in [5, 5.41) is 40.8. The molecule has 0 radical (unpaired) electrons. The van der Waals surface area contributed by atoms with Crippen molar-refractivity contribution in [2.75, 3.05) is 69.7 Å². The van der Waals surface area contributed by atoms with Crippen molar-refractivity contribution in [3.05, 3.63) is 296 Å². The van der Waals surface area contributed by atoms with Crippen molar-refractivity contribution in [2.24, 2.45) is 5.11 Å². The Kier molecular flexibility index (Phi) is 22.3. The van der Waals surface area contributed by atoms with E-state index in [1.807, 2.05) is 0 Å². The molecule has 0 heterocycles. The van der Waals surface area contributed by atoms with Crippen molar-refractivity contribution in [1.29, 1.82) is 0 Å². The zero-order chi connectivity index (χ0) is 82.7. The van der Waals surface area contributed by atoms with Gasteiger partial charge in [0.05, 0.1) is 136 Å². The number of hydrogen-bond acceptors (Lipinski definition) is 26. The molecule has 10 aromatic carbocycles. The Bertz CT molecular complexity index is 6040. The van der Waals surface area contributed by atoms with Gasteiger partial charge < -0.3 is 68.8 Å². The number of hydrogen-bond donors (Lipinski definition) is 5. The summed E-state index contributed by atoms with van der Waals surface area (Å²) in [5.41, 5.74) is 16.1. The smallest absolute Gasteiger partial charge is 0.338 e. The first-order valence-corrected chi connectivity index (χ1v) is 33.2. The fraction of sp³-hybridized carbons (Fsp3) is 0.108. The van der Waals surface area contributed by atoms with E-state index in [1.54, 1.807) is 60.7 Å². The SMILES string of the molecule is COC(=O)c1cc(OC)c2c(c1)C(=O)c1cccc(OC)c1C2=O.COc1cccc2c1C(=O)c1c(OC)cc(C(=O)N=[N+]=[N-])cc1C2=O.COc1cccc2c1C(=O)c1c(OC)cc(C(=O)O)cc1C2=O.COc1cccc2c1C(=O)c1c(OC)cc(N)cc1C2=O.O=C(O)c1cc(O)c2c(c1)C(=O)c1cccc(O)c1C2=O. The molecule has 0 aromatic heterocycles. The number of carboxylic acids is 2. The van der Waals surface area contributed by atoms with Crippen LogP contribution in [0.5, 0.6) is 57.5 Å². The number of aromatic carboxylic acids is 2. The maximum Gasteiger partial charge on any atom is 0.338 e. The molecule has 0 fully saturated rings. The van der Waals surface area contributed by atoms with Crippen LogP contribution in [0.3, 0.4) is 0 Å². The van der Waals surface area contributed by atoms with E-state index in [2.05, 4.69) is 14.8 Å². The van der Waals surface area contributed by atoms with Crippen molar-refractivity contribution in [1.82, 2.24) is 0 Å². The molecule has 31 heteroatoms. The van der Waals surface area contributed by atoms with Gasteiger partial charge in [-0.1, -0.05) is 60.7 Å². The highest BCUT2D eigenvalue weighted by atomic mass is 16.5. The van der Waals surface area contributed by atoms with Crippen molar-refractivity contribution in [3.63, 3.8) is 0 Å². The molecule has 5 aliphatic carbocycles. The summed E-state index contributed by atoms with van der Waals surface area (Å²) in [6, 6.07) is 35.8. The number of esters is 1. The Morgan fingerprint density at radius 3 is 0.912 bits per heavy atom. The molecule has 31 nitrogen and oxygen atoms in total. The van der Waals surface area contributed by atoms with Crippen LogP contribution in [0, 0.1) is 0 Å². The number of ketones is 10. The number of benzene rings is 10. The number of rotatable bonds is 12. The zero-order valence-electron chi connectivity index (χ0n) is 61.0. The molecule has 0 saturated heterocycles. The lowest BCUT2D eigenvalue weighted by atomic mass is 9.82. The van der Waals surface area contributed by atoms with Crippen LogP contribution in [0.4, 0.5) is 5.69 Å². The van der Waals surface area contributed by atoms with Crippen LogP contribution < -0.4 is 43.6 Å². The molecule has 0 saturated carbocycles. The average Bonchev–Trinajstić information content (AvgIpc) is 0.763. The highest BCUT2D eigenvalue weighted by Gasteiger charge is 2.41. The van der Waals surface area contributed by atoms with Crippen LogP contribution >= 0.6 is 0 Å². The number of phenolic OH excluding ortho intramolecular Hbond substituents is 2. The van der Waals surface area contributed by atoms with E-state index >= 15 is 0 Å². The molecule has 1 amide bonds. The number of carbonyl (C=O) groups is 14. The van der Waals surface area contributed by atoms with Crippen molar-refractivity contribution in [3.8, 4) is 57.5 Å². The average molecular weight is 1540 g/mol. The number of carbonyl (C=O) groups excluding carboxylic acids is 12. The number of nitrogen functional groups attached to an aromatic ring is 1. The molecule has 0 atom stereocenters. The largest absolute Gasteiger partial charge is 0.507 e. The number of anilines is 1. The number of aromatic hydroxyl groups is 2. The normalized spacial score (nSPS) is 12.4. The molecule has 0 aliphatic heterocycles. The van der Waals surface area contributed by atoms with Crippen molar-refractivity contribution >= 4 is 87.3 Å². The van der Waals surface area contributed by atoms with Crippen LogP contribution in [-0.4, -0.2) is 166 Å². The quantitative estimate of drug-likeness (QED) is 0.0249. The Hall–Kier alpha value is -15.9. The van der Waals surface area contributed by atoms with Gasteiger partial charge in [-0.25, -0.2) is 14.4 Å². The minimum absolute atomic E-state index is 0.0154. The third-order valence-electron chi connectivity index (χ3n) is 18.5. The minimum atomic E-state index is -1.32. The molecular weight excluding hydrogens is 1480 g/mol. The molecule has 10 aromatic rings. The van der Waals surface area contributed by atoms with E-state index in [4.69, 9.17) is 59.4 Å². The number of nitrogens with two attached hydrogens (primary N) is 1. The molecule has 0 bridgehead atoms. The van der Waals surface area contributed by atoms with Gasteiger partial charge in [0.2, 0.25) is 34.8 Å². The van der Waals surface area contributed by atoms with Gasteiger partial charge in [0, 0.05) is 77.9 Å². The first-order chi connectivity index (χ1) is 54.5. The van der Waals surface area contributed by atoms with E-state index in [0.717, 1.165) is 12.1 Å². The van der Waals surface area contributed by atoms with E-state index < -0.39 is 64.3 Å². The van der Waals surface area contributed by atoms with Crippen molar-refractivity contribution < 1.29 is 130 Å². The molecule has 0 unspecified atom stereocenters. The van der Waals surface area contributed by atoms with Gasteiger partial charge in [-0.3, -0.25) is 52.7 Å². The first-order valence-electron chi connectivity index (χ1n) is 33.2. The highest BCUT2D eigenvalue weighted by Crippen LogP contribution is 2.44. The fourth-order valence-corrected chi connectivity index (χ4v) is 13.3. The maximum absolute atomic E-state index is 12.9. The second-order valence-electron chi connectivity index (χ2n) is 24.5. The molecule has 572 valence electrons. The summed E-state index contributed by atoms with van der Waals surface area (Å²) in [6.45, 7) is 0. The van der Waals surface area contributed by atoms with Gasteiger partial charge in [-0.05, 0) is 95.6 Å². The second-order valence-corrected chi connectivity index (χ2v) is 24.5. The summed E-state index contributed by atoms with van der Waals surface area (Å²) in [7, 11) is 12.4. The number of ether oxygens (including phenoxy) is 9. The molecule has 6 N–H and O–H groups in total. The van der Waals surface area contributed by atoms with E-state index in [-0.39, 0.29) is 186 Å². The van der Waals surface area contributed by atoms with Crippen molar-refractivity contribution in [2.45, 2.75) is 0 Å². The van der Waals surface area contributed by atoms with Gasteiger partial charge in [-0.15, -0.1) is 0 Å². The molecular formula is C83H58N4O27. The third-order valence-corrected chi connectivity index (χ3v) is 18.5. The number of nitrogens with zero attached hydrogens (tertiary/aromatic N) is 3. The lowest BCUT2D eigenvalue weighted by Gasteiger charge is -2.21. The highest BCUT2D eigenvalue weighted by molar-refractivity contribution is 6.35. The number of amides is 1. The van der Waals surface area contributed by atoms with Crippen LogP contribution in [-0.2, 0) is 4.74 Å². The van der Waals surface area contributed by atoms with Gasteiger partial charge in [-0.2, -0.15) is 0 Å². The topological polar surface area (TPSA) is 478 Å². The monoisotopic (exact) mass is 1540 g/mol. The summed E-state index contributed by atoms with van der Waals surface area (Å²) in [6.07, 6.45) is 0. The first kappa shape index (κ1) is 79.1. The summed E-state index contributed by atoms with van der Waals surface area (Å²) < 4.78 is 46.2. The van der Waals surface area contributed by atoms with Crippen LogP contribution in [0.15, 0.2) is 157 Å². The number of fused-ring (bicyclic) bond motifs is 10. The molecule has 0 spiro atoms. The van der Waals surface area contributed by atoms with Crippen LogP contribution in [0.25, 0.3) is 10.4 Å². The summed E-state index contributed by atoms with van der Waals surface area (Å²) in [5.74, 6) is -7.61. The minimum Gasteiger partial charge on any atom is -0.507 e. The van der Waals surface area contributed by atoms with Gasteiger partial charge in [0.25, 0.3) is 0 Å². The summed E-state index contributed by atoms with van der Waals surface area (Å²) >= 11 is 0. The predicted molar refractivity (Wildman–Crippen MR) is 398 cm³/mol. The van der Waals surface area contributed by atoms with E-state index in [9.17, 15) is 77.3 Å². The summed E-state index contributed by atoms with van der Waals surface area (Å²) in [4.78, 5) is 176. The van der Waals surface area contributed by atoms with Gasteiger partial charge in [0.15, 0.2) is 28.9 Å².